The summed E-state index contributed by atoms with van der Waals surface area (Å²) in [6.07, 6.45) is 2.46. The molecule has 1 heterocycles. The van der Waals surface area contributed by atoms with Crippen LogP contribution in [0.5, 0.6) is 0 Å². The predicted molar refractivity (Wildman–Crippen MR) is 104 cm³/mol. The van der Waals surface area contributed by atoms with Crippen LogP contribution in [-0.4, -0.2) is 22.4 Å². The van der Waals surface area contributed by atoms with Crippen molar-refractivity contribution in [3.8, 4) is 6.07 Å². The molecule has 0 aliphatic carbocycles. The van der Waals surface area contributed by atoms with Crippen molar-refractivity contribution in [1.29, 1.82) is 5.26 Å². The first-order valence-electron chi connectivity index (χ1n) is 9.61. The molecule has 0 aromatic heterocycles. The molecule has 2 aromatic rings. The molecule has 1 amide bonds. The van der Waals surface area contributed by atoms with Gasteiger partial charge in [0, 0.05) is 13.0 Å². The zero-order valence-corrected chi connectivity index (χ0v) is 15.8. The zero-order valence-electron chi connectivity index (χ0n) is 15.8. The molecular formula is C23H26N2O2. The lowest BCUT2D eigenvalue weighted by Gasteiger charge is -2.32. The summed E-state index contributed by atoms with van der Waals surface area (Å²) >= 11 is 0. The molecule has 3 rings (SSSR count). The Hall–Kier alpha value is -2.64. The second-order valence-electron chi connectivity index (χ2n) is 7.15. The maximum atomic E-state index is 13.1. The van der Waals surface area contributed by atoms with E-state index in [0.29, 0.717) is 26.0 Å². The Morgan fingerprint density at radius 3 is 2.33 bits per heavy atom. The normalized spacial score (nSPS) is 22.0. The summed E-state index contributed by atoms with van der Waals surface area (Å²) < 4.78 is 5.96. The average Bonchev–Trinajstić information content (AvgIpc) is 2.98. The third kappa shape index (κ3) is 4.37. The van der Waals surface area contributed by atoms with Crippen LogP contribution in [0, 0.1) is 11.3 Å². The van der Waals surface area contributed by atoms with E-state index in [0.717, 1.165) is 24.0 Å². The minimum atomic E-state index is -0.787. The van der Waals surface area contributed by atoms with Crippen molar-refractivity contribution in [1.82, 2.24) is 4.90 Å². The molecule has 1 aliphatic rings. The molecule has 0 N–H and O–H groups in total. The first kappa shape index (κ1) is 19.1. The number of hydrogen-bond donors (Lipinski definition) is 0. The van der Waals surface area contributed by atoms with Gasteiger partial charge in [-0.2, -0.15) is 5.26 Å². The van der Waals surface area contributed by atoms with Crippen LogP contribution < -0.4 is 0 Å². The zero-order chi connectivity index (χ0) is 19.1. The van der Waals surface area contributed by atoms with Crippen molar-refractivity contribution in [3.05, 3.63) is 71.8 Å². The first-order valence-corrected chi connectivity index (χ1v) is 9.61. The van der Waals surface area contributed by atoms with E-state index in [1.807, 2.05) is 60.7 Å². The van der Waals surface area contributed by atoms with Gasteiger partial charge in [0.15, 0.2) is 0 Å². The number of likely N-dealkylation sites (tertiary alicyclic amines) is 1. The molecule has 0 unspecified atom stereocenters. The van der Waals surface area contributed by atoms with Crippen LogP contribution in [0.4, 0.5) is 0 Å². The van der Waals surface area contributed by atoms with Gasteiger partial charge in [0.1, 0.15) is 11.6 Å². The highest BCUT2D eigenvalue weighted by molar-refractivity contribution is 5.85. The third-order valence-electron chi connectivity index (χ3n) is 5.21. The number of amides is 1. The second kappa shape index (κ2) is 8.83. The Kier molecular flexibility index (Phi) is 6.26. The van der Waals surface area contributed by atoms with Gasteiger partial charge in [-0.15, -0.1) is 0 Å². The smallest absolute Gasteiger partial charge is 0.253 e. The van der Waals surface area contributed by atoms with Crippen molar-refractivity contribution in [3.63, 3.8) is 0 Å². The van der Waals surface area contributed by atoms with Crippen LogP contribution in [0.1, 0.15) is 43.7 Å². The van der Waals surface area contributed by atoms with Crippen molar-refractivity contribution in [2.75, 3.05) is 0 Å². The monoisotopic (exact) mass is 362 g/mol. The number of carbonyl (C=O) groups excluding carboxylic acids is 1. The average molecular weight is 362 g/mol. The lowest BCUT2D eigenvalue weighted by atomic mass is 9.90. The van der Waals surface area contributed by atoms with E-state index in [1.54, 1.807) is 4.90 Å². The molecule has 1 saturated heterocycles. The minimum absolute atomic E-state index is 0.0764. The number of nitrogens with zero attached hydrogens (tertiary/aromatic N) is 2. The fourth-order valence-corrected chi connectivity index (χ4v) is 3.65. The molecule has 1 aliphatic heterocycles. The van der Waals surface area contributed by atoms with E-state index in [1.165, 1.54) is 0 Å². The SMILES string of the molecule is CCCC[C@@]1(C#N)C[C@H](OCc2ccccc2)C(=O)N1Cc1ccccc1. The molecule has 4 heteroatoms. The molecule has 27 heavy (non-hydrogen) atoms. The van der Waals surface area contributed by atoms with Crippen LogP contribution in [0.2, 0.25) is 0 Å². The van der Waals surface area contributed by atoms with Gasteiger partial charge in [0.25, 0.3) is 5.91 Å². The highest BCUT2D eigenvalue weighted by atomic mass is 16.5. The van der Waals surface area contributed by atoms with Crippen LogP contribution in [-0.2, 0) is 22.7 Å². The van der Waals surface area contributed by atoms with E-state index in [4.69, 9.17) is 4.74 Å². The topological polar surface area (TPSA) is 53.3 Å². The van der Waals surface area contributed by atoms with Crippen molar-refractivity contribution in [2.24, 2.45) is 0 Å². The molecule has 0 saturated carbocycles. The lowest BCUT2D eigenvalue weighted by Crippen LogP contribution is -2.44. The minimum Gasteiger partial charge on any atom is -0.364 e. The molecule has 0 radical (unpaired) electrons. The second-order valence-corrected chi connectivity index (χ2v) is 7.15. The molecule has 140 valence electrons. The Labute approximate surface area is 161 Å². The summed E-state index contributed by atoms with van der Waals surface area (Å²) in [5, 5.41) is 10.0. The molecule has 4 nitrogen and oxygen atoms in total. The summed E-state index contributed by atoms with van der Waals surface area (Å²) in [7, 11) is 0. The first-order chi connectivity index (χ1) is 13.2. The Morgan fingerprint density at radius 2 is 1.74 bits per heavy atom. The lowest BCUT2D eigenvalue weighted by molar-refractivity contribution is -0.140. The molecular weight excluding hydrogens is 336 g/mol. The fraction of sp³-hybridized carbons (Fsp3) is 0.391. The van der Waals surface area contributed by atoms with Crippen molar-refractivity contribution in [2.45, 2.75) is 57.4 Å². The van der Waals surface area contributed by atoms with Gasteiger partial charge >= 0.3 is 0 Å². The van der Waals surface area contributed by atoms with E-state index < -0.39 is 11.6 Å². The van der Waals surface area contributed by atoms with Crippen LogP contribution >= 0.6 is 0 Å². The number of ether oxygens (including phenoxy) is 1. The van der Waals surface area contributed by atoms with E-state index >= 15 is 0 Å². The van der Waals surface area contributed by atoms with Gasteiger partial charge in [0.05, 0.1) is 12.7 Å². The highest BCUT2D eigenvalue weighted by Gasteiger charge is 2.51. The standard InChI is InChI=1S/C23H26N2O2/c1-2-3-14-23(18-24)15-21(27-17-20-12-8-5-9-13-20)22(26)25(23)16-19-10-6-4-7-11-19/h4-13,21H,2-3,14-17H2,1H3/t21-,23-/m0/s1. The molecule has 0 bridgehead atoms. The van der Waals surface area contributed by atoms with Gasteiger partial charge in [-0.25, -0.2) is 0 Å². The summed E-state index contributed by atoms with van der Waals surface area (Å²) in [6.45, 7) is 2.93. The quantitative estimate of drug-likeness (QED) is 0.697. The van der Waals surface area contributed by atoms with Crippen LogP contribution in [0.3, 0.4) is 0 Å². The Balaban J connectivity index is 1.79. The number of benzene rings is 2. The summed E-state index contributed by atoms with van der Waals surface area (Å²) in [6, 6.07) is 22.2. The van der Waals surface area contributed by atoms with Gasteiger partial charge in [-0.3, -0.25) is 4.79 Å². The van der Waals surface area contributed by atoms with Crippen LogP contribution in [0.25, 0.3) is 0 Å². The van der Waals surface area contributed by atoms with Gasteiger partial charge in [0.2, 0.25) is 0 Å². The summed E-state index contributed by atoms with van der Waals surface area (Å²) in [5.41, 5.74) is 1.28. The van der Waals surface area contributed by atoms with E-state index in [2.05, 4.69) is 13.0 Å². The fourth-order valence-electron chi connectivity index (χ4n) is 3.65. The molecule has 2 atom stereocenters. The highest BCUT2D eigenvalue weighted by Crippen LogP contribution is 2.37. The van der Waals surface area contributed by atoms with E-state index in [9.17, 15) is 10.1 Å². The van der Waals surface area contributed by atoms with E-state index in [-0.39, 0.29) is 5.91 Å². The number of nitriles is 1. The molecule has 1 fully saturated rings. The van der Waals surface area contributed by atoms with Crippen molar-refractivity contribution >= 4 is 5.91 Å². The largest absolute Gasteiger partial charge is 0.364 e. The van der Waals surface area contributed by atoms with Gasteiger partial charge in [-0.1, -0.05) is 80.4 Å². The molecule has 0 spiro atoms. The molecule has 2 aromatic carbocycles. The number of rotatable bonds is 8. The summed E-state index contributed by atoms with van der Waals surface area (Å²) in [5.74, 6) is -0.0764. The van der Waals surface area contributed by atoms with Gasteiger partial charge in [-0.05, 0) is 17.5 Å². The Bertz CT molecular complexity index is 785. The predicted octanol–water partition coefficient (Wildman–Crippen LogP) is 4.46. The number of carbonyl (C=O) groups is 1. The van der Waals surface area contributed by atoms with Crippen LogP contribution in [0.15, 0.2) is 60.7 Å². The third-order valence-corrected chi connectivity index (χ3v) is 5.21. The Morgan fingerprint density at radius 1 is 1.11 bits per heavy atom. The maximum Gasteiger partial charge on any atom is 0.253 e. The number of unbranched alkanes of at least 4 members (excludes halogenated alkanes) is 1. The van der Waals surface area contributed by atoms with Gasteiger partial charge < -0.3 is 9.64 Å². The van der Waals surface area contributed by atoms with Crippen molar-refractivity contribution < 1.29 is 9.53 Å². The number of hydrogen-bond acceptors (Lipinski definition) is 3. The maximum absolute atomic E-state index is 13.1. The summed E-state index contributed by atoms with van der Waals surface area (Å²) in [4.78, 5) is 14.9.